The summed E-state index contributed by atoms with van der Waals surface area (Å²) >= 11 is 0. The number of rotatable bonds is 5. The van der Waals surface area contributed by atoms with Gasteiger partial charge in [0.1, 0.15) is 11.4 Å². The Hall–Kier alpha value is -1.14. The largest absolute Gasteiger partial charge is 0.444 e. The molecule has 0 bridgehead atoms. The summed E-state index contributed by atoms with van der Waals surface area (Å²) in [6, 6.07) is 0.942. The third-order valence-electron chi connectivity index (χ3n) is 7.12. The summed E-state index contributed by atoms with van der Waals surface area (Å²) in [7, 11) is 1.50. The number of fused-ring (bicyclic) bond motifs is 1. The van der Waals surface area contributed by atoms with Crippen molar-refractivity contribution in [3.05, 3.63) is 0 Å². The molecule has 3 fully saturated rings. The van der Waals surface area contributed by atoms with E-state index in [1.165, 1.54) is 65.0 Å². The number of hydrogen-bond acceptors (Lipinski definition) is 5. The quantitative estimate of drug-likeness (QED) is 0.491. The first-order valence-electron chi connectivity index (χ1n) is 13.5. The van der Waals surface area contributed by atoms with Gasteiger partial charge in [0.05, 0.1) is 0 Å². The number of carbonyl (C=O) groups is 2. The predicted molar refractivity (Wildman–Crippen MR) is 137 cm³/mol. The van der Waals surface area contributed by atoms with Gasteiger partial charge in [0.15, 0.2) is 0 Å². The van der Waals surface area contributed by atoms with Crippen LogP contribution < -0.4 is 16.4 Å². The topological polar surface area (TPSA) is 93.5 Å². The van der Waals surface area contributed by atoms with Crippen LogP contribution in [0.15, 0.2) is 0 Å². The van der Waals surface area contributed by atoms with Crippen molar-refractivity contribution in [3.63, 3.8) is 0 Å². The van der Waals surface area contributed by atoms with E-state index in [4.69, 9.17) is 4.74 Å². The molecule has 6 heteroatoms. The molecule has 3 unspecified atom stereocenters. The van der Waals surface area contributed by atoms with E-state index < -0.39 is 5.60 Å². The van der Waals surface area contributed by atoms with Crippen molar-refractivity contribution in [3.8, 4) is 0 Å². The second-order valence-electron chi connectivity index (χ2n) is 11.1. The van der Waals surface area contributed by atoms with E-state index in [1.807, 2.05) is 27.7 Å². The van der Waals surface area contributed by atoms with Gasteiger partial charge in [0.2, 0.25) is 0 Å². The van der Waals surface area contributed by atoms with Gasteiger partial charge in [-0.1, -0.05) is 39.0 Å². The molecular weight excluding hydrogens is 414 g/mol. The molecule has 33 heavy (non-hydrogen) atoms. The zero-order valence-electron chi connectivity index (χ0n) is 22.4. The second kappa shape index (κ2) is 15.7. The highest BCUT2D eigenvalue weighted by atomic mass is 16.6. The van der Waals surface area contributed by atoms with Gasteiger partial charge in [-0.3, -0.25) is 4.79 Å². The van der Waals surface area contributed by atoms with E-state index in [0.717, 1.165) is 43.6 Å². The van der Waals surface area contributed by atoms with E-state index >= 15 is 0 Å². The van der Waals surface area contributed by atoms with E-state index in [-0.39, 0.29) is 12.1 Å². The SMILES string of the molecule is CCC(=O)C1CCC2NCCCC2C1.CN.C[C@H](CC1CCCCC1)NC(=O)OC(C)(C)C. The van der Waals surface area contributed by atoms with Crippen LogP contribution in [0.2, 0.25) is 0 Å². The number of alkyl carbamates (subject to hydrolysis) is 1. The Morgan fingerprint density at radius 2 is 1.70 bits per heavy atom. The summed E-state index contributed by atoms with van der Waals surface area (Å²) in [5.41, 5.74) is 4.09. The van der Waals surface area contributed by atoms with Gasteiger partial charge in [-0.15, -0.1) is 0 Å². The fourth-order valence-corrected chi connectivity index (χ4v) is 5.58. The third-order valence-corrected chi connectivity index (χ3v) is 7.12. The first kappa shape index (κ1) is 29.9. The summed E-state index contributed by atoms with van der Waals surface area (Å²) < 4.78 is 5.25. The number of ketones is 1. The van der Waals surface area contributed by atoms with Gasteiger partial charge in [-0.2, -0.15) is 0 Å². The zero-order valence-corrected chi connectivity index (χ0v) is 22.4. The fraction of sp³-hybridized carbons (Fsp3) is 0.926. The minimum Gasteiger partial charge on any atom is -0.444 e. The van der Waals surface area contributed by atoms with Gasteiger partial charge in [-0.25, -0.2) is 4.79 Å². The second-order valence-corrected chi connectivity index (χ2v) is 11.1. The molecule has 1 saturated heterocycles. The highest BCUT2D eigenvalue weighted by Gasteiger charge is 2.34. The molecular formula is C27H53N3O3. The van der Waals surface area contributed by atoms with Crippen molar-refractivity contribution in [2.75, 3.05) is 13.6 Å². The molecule has 6 nitrogen and oxygen atoms in total. The zero-order chi connectivity index (χ0) is 24.9. The monoisotopic (exact) mass is 467 g/mol. The lowest BCUT2D eigenvalue weighted by Gasteiger charge is -2.39. The van der Waals surface area contributed by atoms with Gasteiger partial charge in [-0.05, 0) is 91.6 Å². The Kier molecular flexibility index (Phi) is 14.2. The van der Waals surface area contributed by atoms with Crippen molar-refractivity contribution >= 4 is 11.9 Å². The Labute approximate surface area is 203 Å². The molecule has 0 radical (unpaired) electrons. The smallest absolute Gasteiger partial charge is 0.407 e. The van der Waals surface area contributed by atoms with Gasteiger partial charge >= 0.3 is 6.09 Å². The Balaban J connectivity index is 0.000000311. The van der Waals surface area contributed by atoms with Crippen molar-refractivity contribution in [2.45, 2.75) is 129 Å². The molecule has 194 valence electrons. The van der Waals surface area contributed by atoms with Crippen LogP contribution >= 0.6 is 0 Å². The van der Waals surface area contributed by atoms with Crippen molar-refractivity contribution in [1.29, 1.82) is 0 Å². The number of nitrogens with one attached hydrogen (secondary N) is 2. The maximum Gasteiger partial charge on any atom is 0.407 e. The molecule has 1 amide bonds. The molecule has 2 saturated carbocycles. The summed E-state index contributed by atoms with van der Waals surface area (Å²) in [4.78, 5) is 23.2. The lowest BCUT2D eigenvalue weighted by atomic mass is 9.73. The van der Waals surface area contributed by atoms with Gasteiger partial charge in [0, 0.05) is 24.4 Å². The number of piperidine rings is 1. The average molecular weight is 468 g/mol. The van der Waals surface area contributed by atoms with E-state index in [0.29, 0.717) is 11.7 Å². The lowest BCUT2D eigenvalue weighted by Crippen LogP contribution is -2.45. The molecule has 4 N–H and O–H groups in total. The molecule has 3 rings (SSSR count). The molecule has 2 aliphatic carbocycles. The van der Waals surface area contributed by atoms with Crippen LogP contribution in [0.25, 0.3) is 0 Å². The number of amides is 1. The fourth-order valence-electron chi connectivity index (χ4n) is 5.58. The Bertz CT molecular complexity index is 555. The van der Waals surface area contributed by atoms with E-state index in [9.17, 15) is 9.59 Å². The van der Waals surface area contributed by atoms with Crippen LogP contribution in [0.4, 0.5) is 4.79 Å². The first-order chi connectivity index (χ1) is 15.7. The number of carbonyl (C=O) groups excluding carboxylic acids is 2. The standard InChI is InChI=1S/C14H27NO2.C12H21NO.CH5N/c1-11(10-12-8-6-5-7-9-12)15-13(16)17-14(2,3)4;1-2-12(14)10-5-6-11-9(8-10)4-3-7-13-11;1-2/h11-12H,5-10H2,1-4H3,(H,15,16);9-11,13H,2-8H2,1H3;2H2,1H3/t11-;;/m1../s1. The van der Waals surface area contributed by atoms with Crippen molar-refractivity contribution < 1.29 is 14.3 Å². The minimum atomic E-state index is -0.408. The number of ether oxygens (including phenoxy) is 1. The molecule has 0 aromatic carbocycles. The molecule has 1 aliphatic heterocycles. The van der Waals surface area contributed by atoms with Gasteiger partial charge < -0.3 is 21.1 Å². The van der Waals surface area contributed by atoms with Crippen molar-refractivity contribution in [2.24, 2.45) is 23.5 Å². The molecule has 3 aliphatic rings. The first-order valence-corrected chi connectivity index (χ1v) is 13.5. The van der Waals surface area contributed by atoms with Crippen LogP contribution in [-0.2, 0) is 9.53 Å². The van der Waals surface area contributed by atoms with E-state index in [1.54, 1.807) is 0 Å². The van der Waals surface area contributed by atoms with E-state index in [2.05, 4.69) is 23.3 Å². The summed E-state index contributed by atoms with van der Waals surface area (Å²) in [5.74, 6) is 2.46. The van der Waals surface area contributed by atoms with Crippen LogP contribution in [0.3, 0.4) is 0 Å². The minimum absolute atomic E-state index is 0.216. The maximum absolute atomic E-state index is 11.6. The van der Waals surface area contributed by atoms with Crippen LogP contribution in [0.1, 0.15) is 112 Å². The highest BCUT2D eigenvalue weighted by molar-refractivity contribution is 5.80. The number of nitrogens with two attached hydrogens (primary N) is 1. The summed E-state index contributed by atoms with van der Waals surface area (Å²) in [5, 5.41) is 6.51. The molecule has 1 heterocycles. The van der Waals surface area contributed by atoms with Gasteiger partial charge in [0.25, 0.3) is 0 Å². The Morgan fingerprint density at radius 1 is 1.03 bits per heavy atom. The lowest BCUT2D eigenvalue weighted by molar-refractivity contribution is -0.124. The summed E-state index contributed by atoms with van der Waals surface area (Å²) in [6.45, 7) is 10.9. The maximum atomic E-state index is 11.6. The molecule has 0 spiro atoms. The highest BCUT2D eigenvalue weighted by Crippen LogP contribution is 2.35. The van der Waals surface area contributed by atoms with Crippen LogP contribution in [0.5, 0.6) is 0 Å². The normalized spacial score (nSPS) is 26.3. The number of Topliss-reactive ketones (excluding diaryl/α,β-unsaturated/α-hetero) is 1. The molecule has 0 aromatic rings. The van der Waals surface area contributed by atoms with Crippen molar-refractivity contribution in [1.82, 2.24) is 10.6 Å². The average Bonchev–Trinajstić information content (AvgIpc) is 2.79. The third kappa shape index (κ3) is 12.2. The molecule has 4 atom stereocenters. The number of hydrogen-bond donors (Lipinski definition) is 3. The predicted octanol–water partition coefficient (Wildman–Crippen LogP) is 5.58. The summed E-state index contributed by atoms with van der Waals surface area (Å²) in [6.07, 6.45) is 14.4. The van der Waals surface area contributed by atoms with Crippen LogP contribution in [-0.4, -0.2) is 43.2 Å². The molecule has 0 aromatic heterocycles. The Morgan fingerprint density at radius 3 is 2.30 bits per heavy atom. The van der Waals surface area contributed by atoms with Crippen LogP contribution in [0, 0.1) is 17.8 Å².